The zero-order chi connectivity index (χ0) is 16.5. The molecule has 6 nitrogen and oxygen atoms in total. The van der Waals surface area contributed by atoms with Crippen LogP contribution in [0.5, 0.6) is 0 Å². The third-order valence-corrected chi connectivity index (χ3v) is 3.25. The van der Waals surface area contributed by atoms with Crippen LogP contribution in [0.2, 0.25) is 0 Å². The number of nitrogens with one attached hydrogen (secondary N) is 1. The molecule has 0 aliphatic heterocycles. The molecule has 2 amide bonds. The Kier molecular flexibility index (Phi) is 7.39. The summed E-state index contributed by atoms with van der Waals surface area (Å²) in [5, 5.41) is 2.74. The predicted octanol–water partition coefficient (Wildman–Crippen LogP) is 1.26. The van der Waals surface area contributed by atoms with Crippen LogP contribution in [0, 0.1) is 0 Å². The second-order valence-corrected chi connectivity index (χ2v) is 5.17. The van der Waals surface area contributed by atoms with E-state index in [9.17, 15) is 9.59 Å². The smallest absolute Gasteiger partial charge is 0.223 e. The zero-order valence-corrected chi connectivity index (χ0v) is 13.8. The van der Waals surface area contributed by atoms with Gasteiger partial charge in [-0.05, 0) is 24.3 Å². The Morgan fingerprint density at radius 3 is 2.23 bits per heavy atom. The fourth-order valence-electron chi connectivity index (χ4n) is 1.99. The van der Waals surface area contributed by atoms with E-state index in [0.717, 1.165) is 11.4 Å². The highest BCUT2D eigenvalue weighted by molar-refractivity contribution is 5.92. The highest BCUT2D eigenvalue weighted by Crippen LogP contribution is 2.19. The lowest BCUT2D eigenvalue weighted by Gasteiger charge is -2.22. The molecule has 0 aliphatic carbocycles. The minimum Gasteiger partial charge on any atom is -0.383 e. The van der Waals surface area contributed by atoms with Crippen LogP contribution in [0.4, 0.5) is 11.4 Å². The van der Waals surface area contributed by atoms with Gasteiger partial charge in [0.15, 0.2) is 0 Å². The van der Waals surface area contributed by atoms with Crippen LogP contribution in [-0.4, -0.2) is 52.7 Å². The molecule has 0 fully saturated rings. The molecule has 122 valence electrons. The molecule has 0 unspecified atom stereocenters. The molecule has 6 heteroatoms. The molecular weight excluding hydrogens is 282 g/mol. The van der Waals surface area contributed by atoms with Crippen molar-refractivity contribution in [1.82, 2.24) is 5.32 Å². The van der Waals surface area contributed by atoms with E-state index in [-0.39, 0.29) is 18.2 Å². The van der Waals surface area contributed by atoms with Crippen molar-refractivity contribution >= 4 is 23.2 Å². The fourth-order valence-corrected chi connectivity index (χ4v) is 1.99. The van der Waals surface area contributed by atoms with Crippen LogP contribution in [0.15, 0.2) is 24.3 Å². The Hall–Kier alpha value is -2.08. The van der Waals surface area contributed by atoms with E-state index in [2.05, 4.69) is 5.32 Å². The van der Waals surface area contributed by atoms with Crippen LogP contribution in [-0.2, 0) is 14.3 Å². The van der Waals surface area contributed by atoms with Crippen LogP contribution in [0.25, 0.3) is 0 Å². The van der Waals surface area contributed by atoms with Gasteiger partial charge < -0.3 is 19.9 Å². The highest BCUT2D eigenvalue weighted by atomic mass is 16.5. The van der Waals surface area contributed by atoms with E-state index >= 15 is 0 Å². The van der Waals surface area contributed by atoms with Crippen molar-refractivity contribution in [1.29, 1.82) is 0 Å². The molecule has 0 radical (unpaired) electrons. The second-order valence-electron chi connectivity index (χ2n) is 5.17. The maximum Gasteiger partial charge on any atom is 0.223 e. The van der Waals surface area contributed by atoms with Crippen molar-refractivity contribution in [2.75, 3.05) is 50.7 Å². The molecule has 0 heterocycles. The summed E-state index contributed by atoms with van der Waals surface area (Å²) in [5.74, 6) is -0.171. The Balaban J connectivity index is 2.62. The van der Waals surface area contributed by atoms with E-state index in [1.807, 2.05) is 43.3 Å². The number of methoxy groups -OCH3 is 1. The molecule has 0 atom stereocenters. The third-order valence-electron chi connectivity index (χ3n) is 3.25. The number of amides is 2. The summed E-state index contributed by atoms with van der Waals surface area (Å²) in [5.41, 5.74) is 1.85. The topological polar surface area (TPSA) is 61.9 Å². The van der Waals surface area contributed by atoms with Crippen molar-refractivity contribution < 1.29 is 14.3 Å². The molecule has 0 saturated carbocycles. The molecule has 0 aliphatic rings. The average molecular weight is 307 g/mol. The fraction of sp³-hybridized carbons (Fsp3) is 0.500. The predicted molar refractivity (Wildman–Crippen MR) is 88.3 cm³/mol. The monoisotopic (exact) mass is 307 g/mol. The first-order chi connectivity index (χ1) is 10.5. The van der Waals surface area contributed by atoms with Gasteiger partial charge in [-0.25, -0.2) is 0 Å². The average Bonchev–Trinajstić information content (AvgIpc) is 2.48. The molecule has 1 N–H and O–H groups in total. The molecule has 1 aromatic rings. The summed E-state index contributed by atoms with van der Waals surface area (Å²) in [7, 11) is 5.51. The molecule has 1 aromatic carbocycles. The quantitative estimate of drug-likeness (QED) is 0.735. The number of rotatable bonds is 8. The number of anilines is 2. The van der Waals surface area contributed by atoms with Crippen LogP contribution < -0.4 is 15.1 Å². The van der Waals surface area contributed by atoms with Crippen LogP contribution in [0.3, 0.4) is 0 Å². The third kappa shape index (κ3) is 5.73. The van der Waals surface area contributed by atoms with Crippen molar-refractivity contribution in [3.63, 3.8) is 0 Å². The normalized spacial score (nSPS) is 10.2. The van der Waals surface area contributed by atoms with Gasteiger partial charge in [-0.15, -0.1) is 0 Å². The molecule has 0 spiro atoms. The van der Waals surface area contributed by atoms with Crippen LogP contribution in [0.1, 0.15) is 13.3 Å². The lowest BCUT2D eigenvalue weighted by atomic mass is 10.2. The van der Waals surface area contributed by atoms with Gasteiger partial charge in [0, 0.05) is 59.0 Å². The van der Waals surface area contributed by atoms with Gasteiger partial charge in [-0.1, -0.05) is 0 Å². The minimum atomic E-state index is -0.0896. The van der Waals surface area contributed by atoms with Gasteiger partial charge >= 0.3 is 0 Å². The Morgan fingerprint density at radius 1 is 1.14 bits per heavy atom. The molecule has 22 heavy (non-hydrogen) atoms. The first kappa shape index (κ1) is 18.0. The van der Waals surface area contributed by atoms with Gasteiger partial charge in [0.05, 0.1) is 6.61 Å². The Morgan fingerprint density at radius 2 is 1.73 bits per heavy atom. The summed E-state index contributed by atoms with van der Waals surface area (Å²) in [6.07, 6.45) is 0.263. The summed E-state index contributed by atoms with van der Waals surface area (Å²) >= 11 is 0. The van der Waals surface area contributed by atoms with Gasteiger partial charge in [0.2, 0.25) is 11.8 Å². The Bertz CT molecular complexity index is 486. The number of hydrogen-bond donors (Lipinski definition) is 1. The standard InChI is InChI=1S/C16H25N3O3/c1-13(20)19(11-9-16(21)17-10-12-22-4)15-7-5-14(6-8-15)18(2)3/h5-8H,9-12H2,1-4H3,(H,17,21). The summed E-state index contributed by atoms with van der Waals surface area (Å²) in [4.78, 5) is 27.1. The number of carbonyl (C=O) groups excluding carboxylic acids is 2. The van der Waals surface area contributed by atoms with Crippen molar-refractivity contribution in [3.8, 4) is 0 Å². The van der Waals surface area contributed by atoms with E-state index < -0.39 is 0 Å². The molecule has 0 bridgehead atoms. The zero-order valence-electron chi connectivity index (χ0n) is 13.8. The molecule has 0 saturated heterocycles. The van der Waals surface area contributed by atoms with E-state index in [4.69, 9.17) is 4.74 Å². The number of nitrogens with zero attached hydrogens (tertiary/aromatic N) is 2. The minimum absolute atomic E-state index is 0.0812. The van der Waals surface area contributed by atoms with Crippen molar-refractivity contribution in [2.24, 2.45) is 0 Å². The number of benzene rings is 1. The number of carbonyl (C=O) groups is 2. The molecule has 0 aromatic heterocycles. The number of hydrogen-bond acceptors (Lipinski definition) is 4. The summed E-state index contributed by atoms with van der Waals surface area (Å²) in [6.45, 7) is 2.82. The van der Waals surface area contributed by atoms with E-state index in [1.165, 1.54) is 6.92 Å². The molecule has 1 rings (SSSR count). The number of ether oxygens (including phenoxy) is 1. The van der Waals surface area contributed by atoms with Crippen molar-refractivity contribution in [3.05, 3.63) is 24.3 Å². The van der Waals surface area contributed by atoms with Gasteiger partial charge in [0.25, 0.3) is 0 Å². The van der Waals surface area contributed by atoms with Gasteiger partial charge in [-0.2, -0.15) is 0 Å². The van der Waals surface area contributed by atoms with Crippen molar-refractivity contribution in [2.45, 2.75) is 13.3 Å². The lowest BCUT2D eigenvalue weighted by Crippen LogP contribution is -2.34. The lowest BCUT2D eigenvalue weighted by molar-refractivity contribution is -0.121. The first-order valence-electron chi connectivity index (χ1n) is 7.27. The van der Waals surface area contributed by atoms with Crippen LogP contribution >= 0.6 is 0 Å². The largest absolute Gasteiger partial charge is 0.383 e. The van der Waals surface area contributed by atoms with Gasteiger partial charge in [-0.3, -0.25) is 9.59 Å². The Labute approximate surface area is 132 Å². The molecular formula is C16H25N3O3. The maximum atomic E-state index is 11.8. The highest BCUT2D eigenvalue weighted by Gasteiger charge is 2.13. The summed E-state index contributed by atoms with van der Waals surface area (Å²) in [6, 6.07) is 7.67. The van der Waals surface area contributed by atoms with Gasteiger partial charge in [0.1, 0.15) is 0 Å². The maximum absolute atomic E-state index is 11.8. The SMILES string of the molecule is COCCNC(=O)CCN(C(C)=O)c1ccc(N(C)C)cc1. The second kappa shape index (κ2) is 9.04. The summed E-state index contributed by atoms with van der Waals surface area (Å²) < 4.78 is 4.87. The first-order valence-corrected chi connectivity index (χ1v) is 7.27. The van der Waals surface area contributed by atoms with E-state index in [1.54, 1.807) is 12.0 Å². The van der Waals surface area contributed by atoms with E-state index in [0.29, 0.717) is 19.7 Å².